The summed E-state index contributed by atoms with van der Waals surface area (Å²) in [4.78, 5) is 38.1. The average molecular weight is 565 g/mol. The zero-order valence-electron chi connectivity index (χ0n) is 20.4. The fourth-order valence-electron chi connectivity index (χ4n) is 3.81. The van der Waals surface area contributed by atoms with E-state index in [1.54, 1.807) is 48.7 Å². The van der Waals surface area contributed by atoms with E-state index in [0.29, 0.717) is 44.2 Å². The van der Waals surface area contributed by atoms with Crippen LogP contribution in [-0.2, 0) is 9.53 Å². The Kier molecular flexibility index (Phi) is 7.46. The predicted octanol–water partition coefficient (Wildman–Crippen LogP) is 7.54. The summed E-state index contributed by atoms with van der Waals surface area (Å²) in [6, 6.07) is 18.3. The quantitative estimate of drug-likeness (QED) is 0.199. The zero-order valence-corrected chi connectivity index (χ0v) is 22.7. The van der Waals surface area contributed by atoms with Crippen LogP contribution < -0.4 is 5.32 Å². The molecule has 7 nitrogen and oxygen atoms in total. The molecule has 192 valence electrons. The highest BCUT2D eigenvalue weighted by Crippen LogP contribution is 2.30. The Labute approximate surface area is 232 Å². The molecule has 10 heteroatoms. The zero-order chi connectivity index (χ0) is 26.8. The number of aromatic nitrogens is 3. The standard InChI is InChI=1S/C28H22Cl2N4O3S/c1-3-24(26(35)34-28-33-23(14-38-28)17-8-10-19(29)20(30)12-17)37-27(36)18-9-11-21-22(13-18)32-25(31-21)16-6-4-15(2)5-7-16/h4-14,24H,3H2,1-2H3,(H,31,32)(H,33,34,35). The van der Waals surface area contributed by atoms with Crippen molar-refractivity contribution in [2.45, 2.75) is 26.4 Å². The molecule has 0 spiro atoms. The summed E-state index contributed by atoms with van der Waals surface area (Å²) in [5.41, 5.74) is 5.27. The summed E-state index contributed by atoms with van der Waals surface area (Å²) >= 11 is 13.3. The van der Waals surface area contributed by atoms with Gasteiger partial charge in [0.15, 0.2) is 11.2 Å². The number of aromatic amines is 1. The molecule has 0 fully saturated rings. The minimum atomic E-state index is -0.986. The molecule has 1 unspecified atom stereocenters. The number of H-pyrrole nitrogens is 1. The van der Waals surface area contributed by atoms with Crippen molar-refractivity contribution < 1.29 is 14.3 Å². The summed E-state index contributed by atoms with van der Waals surface area (Å²) in [6.45, 7) is 3.79. The van der Waals surface area contributed by atoms with Gasteiger partial charge >= 0.3 is 5.97 Å². The number of hydrogen-bond donors (Lipinski definition) is 2. The molecule has 5 rings (SSSR count). The van der Waals surface area contributed by atoms with Gasteiger partial charge in [-0.25, -0.2) is 14.8 Å². The fraction of sp³-hybridized carbons (Fsp3) is 0.143. The third-order valence-corrected chi connectivity index (χ3v) is 7.40. The van der Waals surface area contributed by atoms with E-state index < -0.39 is 18.0 Å². The molecule has 3 aromatic carbocycles. The van der Waals surface area contributed by atoms with Crippen molar-refractivity contribution in [3.05, 3.63) is 87.2 Å². The molecular weight excluding hydrogens is 543 g/mol. The molecule has 0 saturated heterocycles. The van der Waals surface area contributed by atoms with Crippen LogP contribution in [0.15, 0.2) is 66.0 Å². The molecule has 0 aliphatic rings. The number of carbonyl (C=O) groups excluding carboxylic acids is 2. The highest BCUT2D eigenvalue weighted by Gasteiger charge is 2.23. The van der Waals surface area contributed by atoms with Crippen molar-refractivity contribution in [2.24, 2.45) is 0 Å². The van der Waals surface area contributed by atoms with Crippen LogP contribution in [0.2, 0.25) is 10.0 Å². The lowest BCUT2D eigenvalue weighted by atomic mass is 10.1. The predicted molar refractivity (Wildman–Crippen MR) is 152 cm³/mol. The second-order valence-electron chi connectivity index (χ2n) is 8.64. The van der Waals surface area contributed by atoms with Crippen molar-refractivity contribution in [3.63, 3.8) is 0 Å². The molecule has 2 N–H and O–H groups in total. The van der Waals surface area contributed by atoms with Gasteiger partial charge in [-0.3, -0.25) is 10.1 Å². The van der Waals surface area contributed by atoms with Crippen molar-refractivity contribution in [2.75, 3.05) is 5.32 Å². The van der Waals surface area contributed by atoms with E-state index in [-0.39, 0.29) is 0 Å². The van der Waals surface area contributed by atoms with Crippen LogP contribution in [0.1, 0.15) is 29.3 Å². The van der Waals surface area contributed by atoms with Gasteiger partial charge < -0.3 is 9.72 Å². The third-order valence-electron chi connectivity index (χ3n) is 5.90. The highest BCUT2D eigenvalue weighted by atomic mass is 35.5. The second-order valence-corrected chi connectivity index (χ2v) is 10.3. The number of aryl methyl sites for hydroxylation is 1. The van der Waals surface area contributed by atoms with Crippen molar-refractivity contribution in [3.8, 4) is 22.6 Å². The number of carbonyl (C=O) groups is 2. The van der Waals surface area contributed by atoms with Crippen LogP contribution in [0.25, 0.3) is 33.7 Å². The maximum atomic E-state index is 12.9. The van der Waals surface area contributed by atoms with E-state index in [0.717, 1.165) is 22.2 Å². The lowest BCUT2D eigenvalue weighted by molar-refractivity contribution is -0.124. The Morgan fingerprint density at radius 3 is 2.50 bits per heavy atom. The number of thiazole rings is 1. The number of nitrogens with one attached hydrogen (secondary N) is 2. The fourth-order valence-corrected chi connectivity index (χ4v) is 4.83. The van der Waals surface area contributed by atoms with Gasteiger partial charge in [0.2, 0.25) is 0 Å². The van der Waals surface area contributed by atoms with E-state index in [4.69, 9.17) is 27.9 Å². The van der Waals surface area contributed by atoms with Gasteiger partial charge in [-0.05, 0) is 43.7 Å². The molecule has 0 saturated carbocycles. The Hall–Kier alpha value is -3.72. The van der Waals surface area contributed by atoms with Crippen LogP contribution in [-0.4, -0.2) is 32.9 Å². The third kappa shape index (κ3) is 5.57. The number of hydrogen-bond acceptors (Lipinski definition) is 6. The van der Waals surface area contributed by atoms with Crippen LogP contribution in [0.4, 0.5) is 5.13 Å². The summed E-state index contributed by atoms with van der Waals surface area (Å²) in [5.74, 6) is -0.351. The Morgan fingerprint density at radius 1 is 1.00 bits per heavy atom. The molecule has 1 atom stereocenters. The lowest BCUT2D eigenvalue weighted by Gasteiger charge is -2.15. The molecule has 38 heavy (non-hydrogen) atoms. The summed E-state index contributed by atoms with van der Waals surface area (Å²) in [6.07, 6.45) is -0.688. The van der Waals surface area contributed by atoms with Gasteiger partial charge in [0.25, 0.3) is 5.91 Å². The molecule has 0 aliphatic heterocycles. The van der Waals surface area contributed by atoms with Crippen molar-refractivity contribution in [1.82, 2.24) is 15.0 Å². The number of nitrogens with zero attached hydrogens (tertiary/aromatic N) is 2. The molecule has 2 aromatic heterocycles. The lowest BCUT2D eigenvalue weighted by Crippen LogP contribution is -2.32. The second kappa shape index (κ2) is 10.9. The molecule has 0 radical (unpaired) electrons. The molecule has 1 amide bonds. The largest absolute Gasteiger partial charge is 0.449 e. The average Bonchev–Trinajstić information content (AvgIpc) is 3.55. The van der Waals surface area contributed by atoms with E-state index in [1.807, 2.05) is 31.2 Å². The highest BCUT2D eigenvalue weighted by molar-refractivity contribution is 7.14. The molecule has 2 heterocycles. The first-order chi connectivity index (χ1) is 18.3. The van der Waals surface area contributed by atoms with E-state index in [2.05, 4.69) is 20.3 Å². The van der Waals surface area contributed by atoms with E-state index >= 15 is 0 Å². The minimum Gasteiger partial charge on any atom is -0.449 e. The van der Waals surface area contributed by atoms with Crippen molar-refractivity contribution >= 4 is 62.6 Å². The SMILES string of the molecule is CCC(OC(=O)c1ccc2nc(-c3ccc(C)cc3)[nH]c2c1)C(=O)Nc1nc(-c2ccc(Cl)c(Cl)c2)cs1. The van der Waals surface area contributed by atoms with E-state index in [9.17, 15) is 9.59 Å². The number of benzene rings is 3. The smallest absolute Gasteiger partial charge is 0.338 e. The summed E-state index contributed by atoms with van der Waals surface area (Å²) in [7, 11) is 0. The molecule has 0 bridgehead atoms. The maximum absolute atomic E-state index is 12.9. The number of imidazole rings is 1. The Morgan fingerprint density at radius 2 is 1.76 bits per heavy atom. The Balaban J connectivity index is 1.27. The molecule has 0 aliphatic carbocycles. The topological polar surface area (TPSA) is 97.0 Å². The normalized spacial score (nSPS) is 11.9. The number of fused-ring (bicyclic) bond motifs is 1. The van der Waals surface area contributed by atoms with Crippen LogP contribution in [0, 0.1) is 6.92 Å². The first kappa shape index (κ1) is 25.9. The first-order valence-corrected chi connectivity index (χ1v) is 13.4. The number of halogens is 2. The number of esters is 1. The van der Waals surface area contributed by atoms with E-state index in [1.165, 1.54) is 11.3 Å². The van der Waals surface area contributed by atoms with Gasteiger partial charge in [-0.15, -0.1) is 11.3 Å². The monoisotopic (exact) mass is 564 g/mol. The number of ether oxygens (including phenoxy) is 1. The summed E-state index contributed by atoms with van der Waals surface area (Å²) in [5, 5.41) is 5.78. The van der Waals surface area contributed by atoms with Gasteiger partial charge in [-0.1, -0.05) is 66.0 Å². The number of amides is 1. The van der Waals surface area contributed by atoms with Crippen LogP contribution in [0.3, 0.4) is 0 Å². The molecule has 5 aromatic rings. The number of rotatable bonds is 7. The van der Waals surface area contributed by atoms with Gasteiger partial charge in [0.05, 0.1) is 32.3 Å². The Bertz CT molecular complexity index is 1650. The van der Waals surface area contributed by atoms with Gasteiger partial charge in [-0.2, -0.15) is 0 Å². The van der Waals surface area contributed by atoms with Gasteiger partial charge in [0, 0.05) is 16.5 Å². The molecular formula is C28H22Cl2N4O3S. The first-order valence-electron chi connectivity index (χ1n) is 11.8. The maximum Gasteiger partial charge on any atom is 0.338 e. The van der Waals surface area contributed by atoms with Crippen LogP contribution in [0.5, 0.6) is 0 Å². The van der Waals surface area contributed by atoms with Crippen molar-refractivity contribution in [1.29, 1.82) is 0 Å². The summed E-state index contributed by atoms with van der Waals surface area (Å²) < 4.78 is 5.55. The van der Waals surface area contributed by atoms with Crippen LogP contribution >= 0.6 is 34.5 Å². The van der Waals surface area contributed by atoms with Gasteiger partial charge in [0.1, 0.15) is 5.82 Å². The minimum absolute atomic E-state index is 0.298. The number of anilines is 1.